The van der Waals surface area contributed by atoms with Gasteiger partial charge in [0.25, 0.3) is 5.56 Å². The van der Waals surface area contributed by atoms with Gasteiger partial charge in [0.05, 0.1) is 12.1 Å². The number of nitrogens with one attached hydrogen (secondary N) is 1. The summed E-state index contributed by atoms with van der Waals surface area (Å²) in [6.45, 7) is 2.21. The van der Waals surface area contributed by atoms with E-state index in [-0.39, 0.29) is 30.2 Å². The van der Waals surface area contributed by atoms with Crippen molar-refractivity contribution in [2.24, 2.45) is 0 Å². The number of methoxy groups -OCH3 is 1. The molecule has 1 fully saturated rings. The van der Waals surface area contributed by atoms with Gasteiger partial charge in [-0.3, -0.25) is 14.7 Å². The molecule has 0 radical (unpaired) electrons. The Morgan fingerprint density at radius 2 is 2.35 bits per heavy atom. The molecule has 0 bridgehead atoms. The number of carbonyl (C=O) groups excluding carboxylic acids is 1. The Morgan fingerprint density at radius 1 is 1.52 bits per heavy atom. The fraction of sp³-hybridized carbons (Fsp3) is 0.467. The molecule has 3 heterocycles. The molecule has 0 saturated carbocycles. The third-order valence-corrected chi connectivity index (χ3v) is 4.18. The van der Waals surface area contributed by atoms with Crippen LogP contribution in [0, 0.1) is 6.92 Å². The number of aromatic nitrogens is 4. The topological polar surface area (TPSA) is 93.1 Å². The molecule has 2 atom stereocenters. The van der Waals surface area contributed by atoms with E-state index in [0.29, 0.717) is 24.4 Å². The fourth-order valence-corrected chi connectivity index (χ4v) is 2.90. The van der Waals surface area contributed by atoms with Crippen LogP contribution in [0.2, 0.25) is 0 Å². The molecule has 0 unspecified atom stereocenters. The third-order valence-electron chi connectivity index (χ3n) is 4.18. The average Bonchev–Trinajstić information content (AvgIpc) is 3.20. The van der Waals surface area contributed by atoms with Gasteiger partial charge in [0.15, 0.2) is 0 Å². The SMILES string of the molecule is CO[C@@H]1C[C@@H](c2ncn[nH]2)N(C(=O)Cn2cccc(C)c2=O)C1. The van der Waals surface area contributed by atoms with Gasteiger partial charge in [-0.15, -0.1) is 0 Å². The molecule has 122 valence electrons. The Labute approximate surface area is 133 Å². The molecule has 8 heteroatoms. The van der Waals surface area contributed by atoms with E-state index in [1.165, 1.54) is 10.9 Å². The maximum atomic E-state index is 12.7. The second-order valence-corrected chi connectivity index (χ2v) is 5.65. The second-order valence-electron chi connectivity index (χ2n) is 5.65. The lowest BCUT2D eigenvalue weighted by atomic mass is 10.2. The van der Waals surface area contributed by atoms with Crippen LogP contribution in [0.3, 0.4) is 0 Å². The van der Waals surface area contributed by atoms with E-state index in [1.807, 2.05) is 0 Å². The van der Waals surface area contributed by atoms with Crippen LogP contribution in [0.5, 0.6) is 0 Å². The Balaban J connectivity index is 1.82. The maximum Gasteiger partial charge on any atom is 0.253 e. The molecule has 8 nitrogen and oxygen atoms in total. The monoisotopic (exact) mass is 317 g/mol. The molecule has 2 aromatic rings. The number of aromatic amines is 1. The molecule has 0 aliphatic carbocycles. The van der Waals surface area contributed by atoms with Crippen molar-refractivity contribution < 1.29 is 9.53 Å². The van der Waals surface area contributed by atoms with E-state index in [1.54, 1.807) is 37.3 Å². The number of ether oxygens (including phenoxy) is 1. The van der Waals surface area contributed by atoms with Crippen molar-refractivity contribution in [1.29, 1.82) is 0 Å². The minimum absolute atomic E-state index is 0.00157. The molecule has 2 aromatic heterocycles. The van der Waals surface area contributed by atoms with Gasteiger partial charge in [0.2, 0.25) is 5.91 Å². The van der Waals surface area contributed by atoms with Crippen molar-refractivity contribution in [3.8, 4) is 0 Å². The first-order valence-corrected chi connectivity index (χ1v) is 7.43. The molecule has 1 aliphatic rings. The van der Waals surface area contributed by atoms with E-state index in [4.69, 9.17) is 4.74 Å². The predicted molar refractivity (Wildman–Crippen MR) is 81.7 cm³/mol. The zero-order chi connectivity index (χ0) is 16.4. The highest BCUT2D eigenvalue weighted by Crippen LogP contribution is 2.31. The Bertz CT molecular complexity index is 740. The van der Waals surface area contributed by atoms with Crippen molar-refractivity contribution in [1.82, 2.24) is 24.6 Å². The van der Waals surface area contributed by atoms with Crippen LogP contribution in [0.25, 0.3) is 0 Å². The van der Waals surface area contributed by atoms with E-state index in [0.717, 1.165) is 0 Å². The molecular formula is C15H19N5O3. The Hall–Kier alpha value is -2.48. The number of nitrogens with zero attached hydrogens (tertiary/aromatic N) is 4. The number of aryl methyl sites for hydroxylation is 1. The van der Waals surface area contributed by atoms with Gasteiger partial charge in [-0.2, -0.15) is 5.10 Å². The summed E-state index contributed by atoms with van der Waals surface area (Å²) in [6, 6.07) is 3.28. The number of pyridine rings is 1. The number of carbonyl (C=O) groups is 1. The zero-order valence-electron chi connectivity index (χ0n) is 13.1. The summed E-state index contributed by atoms with van der Waals surface area (Å²) in [4.78, 5) is 30.6. The van der Waals surface area contributed by atoms with Gasteiger partial charge in [0, 0.05) is 31.8 Å². The number of rotatable bonds is 4. The van der Waals surface area contributed by atoms with Gasteiger partial charge >= 0.3 is 0 Å². The lowest BCUT2D eigenvalue weighted by Crippen LogP contribution is -2.37. The highest BCUT2D eigenvalue weighted by Gasteiger charge is 2.37. The molecule has 1 aliphatic heterocycles. The molecule has 1 saturated heterocycles. The van der Waals surface area contributed by atoms with Crippen molar-refractivity contribution in [3.05, 3.63) is 46.4 Å². The van der Waals surface area contributed by atoms with Gasteiger partial charge in [-0.05, 0) is 13.0 Å². The second kappa shape index (κ2) is 6.33. The number of amides is 1. The van der Waals surface area contributed by atoms with Crippen LogP contribution in [0.4, 0.5) is 0 Å². The van der Waals surface area contributed by atoms with Gasteiger partial charge in [-0.25, -0.2) is 4.98 Å². The van der Waals surface area contributed by atoms with E-state index in [9.17, 15) is 9.59 Å². The predicted octanol–water partition coefficient (Wildman–Crippen LogP) is 0.263. The molecular weight excluding hydrogens is 298 g/mol. The quantitative estimate of drug-likeness (QED) is 0.873. The minimum atomic E-state index is -0.213. The van der Waals surface area contributed by atoms with Crippen LogP contribution in [-0.2, 0) is 16.1 Å². The average molecular weight is 317 g/mol. The normalized spacial score (nSPS) is 20.9. The molecule has 1 amide bonds. The first-order valence-electron chi connectivity index (χ1n) is 7.43. The highest BCUT2D eigenvalue weighted by molar-refractivity contribution is 5.77. The summed E-state index contributed by atoms with van der Waals surface area (Å²) in [5.41, 5.74) is 0.461. The first-order chi connectivity index (χ1) is 11.1. The van der Waals surface area contributed by atoms with Gasteiger partial charge in [-0.1, -0.05) is 6.07 Å². The Kier molecular flexibility index (Phi) is 4.24. The standard InChI is InChI=1S/C15H19N5O3/c1-10-4-3-5-19(15(10)22)8-13(21)20-7-11(23-2)6-12(20)14-16-9-17-18-14/h3-5,9,11-12H,6-8H2,1-2H3,(H,16,17,18)/t11-,12+/m1/s1. The van der Waals surface area contributed by atoms with Crippen LogP contribution in [0.1, 0.15) is 23.9 Å². The minimum Gasteiger partial charge on any atom is -0.380 e. The summed E-state index contributed by atoms with van der Waals surface area (Å²) in [5, 5.41) is 6.66. The molecule has 0 aromatic carbocycles. The lowest BCUT2D eigenvalue weighted by molar-refractivity contribution is -0.133. The van der Waals surface area contributed by atoms with Crippen molar-refractivity contribution in [2.45, 2.75) is 32.0 Å². The molecule has 0 spiro atoms. The van der Waals surface area contributed by atoms with E-state index in [2.05, 4.69) is 15.2 Å². The van der Waals surface area contributed by atoms with Gasteiger partial charge in [0.1, 0.15) is 18.7 Å². The van der Waals surface area contributed by atoms with Crippen molar-refractivity contribution >= 4 is 5.91 Å². The molecule has 1 N–H and O–H groups in total. The van der Waals surface area contributed by atoms with Crippen LogP contribution in [-0.4, -0.2) is 50.3 Å². The van der Waals surface area contributed by atoms with Crippen LogP contribution >= 0.6 is 0 Å². The summed E-state index contributed by atoms with van der Waals surface area (Å²) < 4.78 is 6.81. The first kappa shape index (κ1) is 15.4. The largest absolute Gasteiger partial charge is 0.380 e. The number of hydrogen-bond donors (Lipinski definition) is 1. The molecule has 3 rings (SSSR count). The van der Waals surface area contributed by atoms with Crippen LogP contribution in [0.15, 0.2) is 29.5 Å². The zero-order valence-corrected chi connectivity index (χ0v) is 13.1. The van der Waals surface area contributed by atoms with Crippen molar-refractivity contribution in [2.75, 3.05) is 13.7 Å². The number of hydrogen-bond acceptors (Lipinski definition) is 5. The highest BCUT2D eigenvalue weighted by atomic mass is 16.5. The smallest absolute Gasteiger partial charge is 0.253 e. The summed E-state index contributed by atoms with van der Waals surface area (Å²) >= 11 is 0. The summed E-state index contributed by atoms with van der Waals surface area (Å²) in [7, 11) is 1.63. The van der Waals surface area contributed by atoms with Crippen LogP contribution < -0.4 is 5.56 Å². The maximum absolute atomic E-state index is 12.7. The molecule has 23 heavy (non-hydrogen) atoms. The number of likely N-dealkylation sites (tertiary alicyclic amines) is 1. The van der Waals surface area contributed by atoms with Gasteiger partial charge < -0.3 is 14.2 Å². The number of H-pyrrole nitrogens is 1. The fourth-order valence-electron chi connectivity index (χ4n) is 2.90. The third kappa shape index (κ3) is 3.02. The Morgan fingerprint density at radius 3 is 3.04 bits per heavy atom. The van der Waals surface area contributed by atoms with E-state index >= 15 is 0 Å². The van der Waals surface area contributed by atoms with Crippen molar-refractivity contribution in [3.63, 3.8) is 0 Å². The summed E-state index contributed by atoms with van der Waals surface area (Å²) in [5.74, 6) is 0.494. The lowest BCUT2D eigenvalue weighted by Gasteiger charge is -2.23. The van der Waals surface area contributed by atoms with E-state index < -0.39 is 0 Å². The summed E-state index contributed by atoms with van der Waals surface area (Å²) in [6.07, 6.45) is 3.65.